The fraction of sp³-hybridized carbons (Fsp3) is 0.462. The molecule has 162 valence electrons. The summed E-state index contributed by atoms with van der Waals surface area (Å²) in [7, 11) is 0. The molecule has 30 heavy (non-hydrogen) atoms. The van der Waals surface area contributed by atoms with Gasteiger partial charge in [-0.15, -0.1) is 0 Å². The van der Waals surface area contributed by atoms with Crippen LogP contribution in [0, 0.1) is 0 Å². The second kappa shape index (κ2) is 10.1. The zero-order valence-corrected chi connectivity index (χ0v) is 18.6. The molecule has 0 bridgehead atoms. The minimum atomic E-state index is -0.540. The third-order valence-electron chi connectivity index (χ3n) is 5.28. The Kier molecular flexibility index (Phi) is 7.57. The maximum Gasteiger partial charge on any atom is 0.131 e. The Labute approximate surface area is 179 Å². The van der Waals surface area contributed by atoms with Gasteiger partial charge >= 0.3 is 0 Å². The second-order valence-corrected chi connectivity index (χ2v) is 8.54. The number of ether oxygens (including phenoxy) is 2. The monoisotopic (exact) mass is 410 g/mol. The Balaban J connectivity index is 2.05. The third kappa shape index (κ3) is 5.44. The summed E-state index contributed by atoms with van der Waals surface area (Å²) in [6.45, 7) is 8.23. The summed E-state index contributed by atoms with van der Waals surface area (Å²) >= 11 is 0. The Morgan fingerprint density at radius 2 is 1.53 bits per heavy atom. The van der Waals surface area contributed by atoms with Crippen LogP contribution in [0.5, 0.6) is 11.5 Å². The lowest BCUT2D eigenvalue weighted by molar-refractivity contribution is 0.121. The lowest BCUT2D eigenvalue weighted by atomic mass is 9.85. The van der Waals surface area contributed by atoms with E-state index >= 15 is 0 Å². The van der Waals surface area contributed by atoms with Crippen molar-refractivity contribution in [2.45, 2.75) is 65.6 Å². The summed E-state index contributed by atoms with van der Waals surface area (Å²) in [5.74, 6) is 1.68. The van der Waals surface area contributed by atoms with E-state index in [4.69, 9.17) is 9.47 Å². The molecule has 0 saturated heterocycles. The van der Waals surface area contributed by atoms with Crippen molar-refractivity contribution in [3.05, 3.63) is 58.7 Å². The molecule has 2 aromatic rings. The summed E-state index contributed by atoms with van der Waals surface area (Å²) in [5.41, 5.74) is 5.01. The molecule has 0 aromatic heterocycles. The van der Waals surface area contributed by atoms with Crippen LogP contribution in [0.4, 0.5) is 0 Å². The number of benzene rings is 2. The molecule has 2 aromatic carbocycles. The van der Waals surface area contributed by atoms with E-state index in [0.717, 1.165) is 59.1 Å². The summed E-state index contributed by atoms with van der Waals surface area (Å²) < 4.78 is 12.3. The first-order valence-corrected chi connectivity index (χ1v) is 10.9. The summed E-state index contributed by atoms with van der Waals surface area (Å²) in [6, 6.07) is 8.07. The molecule has 0 heterocycles. The summed E-state index contributed by atoms with van der Waals surface area (Å²) in [4.78, 5) is 0. The smallest absolute Gasteiger partial charge is 0.131 e. The van der Waals surface area contributed by atoms with Crippen LogP contribution in [0.2, 0.25) is 0 Å². The second-order valence-electron chi connectivity index (χ2n) is 8.54. The molecule has 3 rings (SSSR count). The van der Waals surface area contributed by atoms with Crippen molar-refractivity contribution in [1.82, 2.24) is 0 Å². The molecule has 0 saturated carbocycles. The molecule has 4 heteroatoms. The molecule has 0 spiro atoms. The van der Waals surface area contributed by atoms with Crippen molar-refractivity contribution in [3.63, 3.8) is 0 Å². The summed E-state index contributed by atoms with van der Waals surface area (Å²) in [5, 5.41) is 21.6. The molecule has 0 radical (unpaired) electrons. The van der Waals surface area contributed by atoms with E-state index in [1.807, 2.05) is 24.3 Å². The maximum absolute atomic E-state index is 9.81. The van der Waals surface area contributed by atoms with Crippen molar-refractivity contribution < 1.29 is 19.7 Å². The van der Waals surface area contributed by atoms with Crippen LogP contribution in [0.3, 0.4) is 0 Å². The number of rotatable bonds is 9. The van der Waals surface area contributed by atoms with Crippen LogP contribution < -0.4 is 9.47 Å². The van der Waals surface area contributed by atoms with E-state index in [-0.39, 0.29) is 13.2 Å². The molecule has 2 unspecified atom stereocenters. The number of aliphatic hydroxyl groups excluding tert-OH is 2. The largest absolute Gasteiger partial charge is 0.490 e. The van der Waals surface area contributed by atoms with Gasteiger partial charge in [-0.2, -0.15) is 0 Å². The Bertz CT molecular complexity index is 934. The first kappa shape index (κ1) is 22.4. The fourth-order valence-electron chi connectivity index (χ4n) is 3.90. The van der Waals surface area contributed by atoms with Crippen LogP contribution in [0.1, 0.15) is 51.7 Å². The number of aliphatic hydroxyl groups is 2. The molecule has 2 atom stereocenters. The fourth-order valence-corrected chi connectivity index (χ4v) is 3.90. The number of allylic oxidation sites excluding steroid dienone is 4. The molecule has 0 amide bonds. The van der Waals surface area contributed by atoms with E-state index in [1.54, 1.807) is 13.8 Å². The molecule has 0 aliphatic heterocycles. The van der Waals surface area contributed by atoms with E-state index in [0.29, 0.717) is 0 Å². The first-order chi connectivity index (χ1) is 14.4. The van der Waals surface area contributed by atoms with E-state index in [2.05, 4.69) is 26.0 Å². The van der Waals surface area contributed by atoms with Gasteiger partial charge in [-0.05, 0) is 53.4 Å². The molecular formula is C26H34O4. The van der Waals surface area contributed by atoms with Gasteiger partial charge in [-0.25, -0.2) is 0 Å². The average molecular weight is 411 g/mol. The molecule has 4 nitrogen and oxygen atoms in total. The predicted molar refractivity (Wildman–Crippen MR) is 122 cm³/mol. The van der Waals surface area contributed by atoms with Crippen molar-refractivity contribution in [1.29, 1.82) is 0 Å². The van der Waals surface area contributed by atoms with Crippen LogP contribution in [-0.2, 0) is 12.8 Å². The highest BCUT2D eigenvalue weighted by atomic mass is 16.5. The number of hydrogen-bond acceptors (Lipinski definition) is 4. The minimum absolute atomic E-state index is 0.251. The van der Waals surface area contributed by atoms with Crippen LogP contribution in [0.25, 0.3) is 10.8 Å². The van der Waals surface area contributed by atoms with Crippen LogP contribution in [-0.4, -0.2) is 35.6 Å². The van der Waals surface area contributed by atoms with Crippen LogP contribution >= 0.6 is 0 Å². The predicted octanol–water partition coefficient (Wildman–Crippen LogP) is 5.13. The highest BCUT2D eigenvalue weighted by Gasteiger charge is 2.24. The van der Waals surface area contributed by atoms with Gasteiger partial charge in [0.25, 0.3) is 0 Å². The van der Waals surface area contributed by atoms with E-state index in [1.165, 1.54) is 11.1 Å². The van der Waals surface area contributed by atoms with Crippen molar-refractivity contribution >= 4 is 10.8 Å². The first-order valence-electron chi connectivity index (χ1n) is 10.9. The highest BCUT2D eigenvalue weighted by molar-refractivity contribution is 5.96. The third-order valence-corrected chi connectivity index (χ3v) is 5.28. The molecule has 1 aliphatic carbocycles. The van der Waals surface area contributed by atoms with Crippen molar-refractivity contribution in [2.75, 3.05) is 13.2 Å². The SMILES string of the molecule is CC(C)=CCCC1=CCc2c(c(OCC(C)O)c3ccccc3c2OCC(C)O)C1. The molecular weight excluding hydrogens is 376 g/mol. The summed E-state index contributed by atoms with van der Waals surface area (Å²) in [6.07, 6.45) is 7.17. The minimum Gasteiger partial charge on any atom is -0.490 e. The van der Waals surface area contributed by atoms with E-state index in [9.17, 15) is 10.2 Å². The van der Waals surface area contributed by atoms with Gasteiger partial charge in [0.15, 0.2) is 0 Å². The number of hydrogen-bond donors (Lipinski definition) is 2. The lowest BCUT2D eigenvalue weighted by Gasteiger charge is -2.26. The van der Waals surface area contributed by atoms with Gasteiger partial charge in [-0.3, -0.25) is 0 Å². The topological polar surface area (TPSA) is 58.9 Å². The maximum atomic E-state index is 9.81. The molecule has 0 fully saturated rings. The zero-order chi connectivity index (χ0) is 21.7. The van der Waals surface area contributed by atoms with Gasteiger partial charge in [0, 0.05) is 21.9 Å². The van der Waals surface area contributed by atoms with Crippen LogP contribution in [0.15, 0.2) is 47.6 Å². The highest BCUT2D eigenvalue weighted by Crippen LogP contribution is 2.44. The standard InChI is InChI=1S/C26H34O4/c1-17(2)8-7-9-20-12-13-23-24(14-20)26(30-16-19(4)28)22-11-6-5-10-21(22)25(23)29-15-18(3)27/h5-6,8,10-12,18-19,27-28H,7,9,13-16H2,1-4H3. The van der Waals surface area contributed by atoms with Gasteiger partial charge in [0.2, 0.25) is 0 Å². The van der Waals surface area contributed by atoms with E-state index < -0.39 is 12.2 Å². The van der Waals surface area contributed by atoms with Gasteiger partial charge < -0.3 is 19.7 Å². The molecule has 1 aliphatic rings. The van der Waals surface area contributed by atoms with Gasteiger partial charge in [0.1, 0.15) is 24.7 Å². The van der Waals surface area contributed by atoms with Gasteiger partial charge in [-0.1, -0.05) is 47.6 Å². The lowest BCUT2D eigenvalue weighted by Crippen LogP contribution is -2.18. The average Bonchev–Trinajstić information content (AvgIpc) is 2.69. The number of fused-ring (bicyclic) bond motifs is 2. The quantitative estimate of drug-likeness (QED) is 0.563. The van der Waals surface area contributed by atoms with Crippen molar-refractivity contribution in [3.8, 4) is 11.5 Å². The zero-order valence-electron chi connectivity index (χ0n) is 18.6. The Morgan fingerprint density at radius 3 is 2.07 bits per heavy atom. The Hall–Kier alpha value is -2.30. The normalized spacial score (nSPS) is 15.2. The Morgan fingerprint density at radius 1 is 0.967 bits per heavy atom. The van der Waals surface area contributed by atoms with Gasteiger partial charge in [0.05, 0.1) is 12.2 Å². The van der Waals surface area contributed by atoms with Crippen molar-refractivity contribution in [2.24, 2.45) is 0 Å². The molecule has 2 N–H and O–H groups in total.